The van der Waals surface area contributed by atoms with Crippen molar-refractivity contribution in [2.75, 3.05) is 24.8 Å². The van der Waals surface area contributed by atoms with Crippen molar-refractivity contribution in [3.8, 4) is 5.75 Å². The lowest BCUT2D eigenvalue weighted by molar-refractivity contribution is -0.137. The largest absolute Gasteiger partial charge is 0.496 e. The van der Waals surface area contributed by atoms with Gasteiger partial charge in [-0.25, -0.2) is 15.0 Å². The average molecular weight is 474 g/mol. The number of amides is 2. The van der Waals surface area contributed by atoms with E-state index in [4.69, 9.17) is 4.74 Å². The second-order valence-electron chi connectivity index (χ2n) is 7.13. The van der Waals surface area contributed by atoms with Gasteiger partial charge in [0, 0.05) is 31.1 Å². The molecule has 3 aromatic rings. The van der Waals surface area contributed by atoms with E-state index >= 15 is 0 Å². The van der Waals surface area contributed by atoms with Crippen molar-refractivity contribution >= 4 is 29.1 Å². The van der Waals surface area contributed by atoms with E-state index in [1.54, 1.807) is 19.9 Å². The van der Waals surface area contributed by atoms with Gasteiger partial charge >= 0.3 is 6.18 Å². The zero-order valence-electron chi connectivity index (χ0n) is 18.7. The predicted octanol–water partition coefficient (Wildman–Crippen LogP) is 3.87. The van der Waals surface area contributed by atoms with Crippen LogP contribution in [0, 0.1) is 13.8 Å². The molecular weight excluding hydrogens is 453 g/mol. The molecule has 0 saturated carbocycles. The van der Waals surface area contributed by atoms with Gasteiger partial charge < -0.3 is 20.7 Å². The number of halogens is 3. The molecule has 3 N–H and O–H groups in total. The first-order valence-electron chi connectivity index (χ1n) is 9.90. The fourth-order valence-corrected chi connectivity index (χ4v) is 3.10. The Morgan fingerprint density at radius 2 is 1.71 bits per heavy atom. The summed E-state index contributed by atoms with van der Waals surface area (Å²) in [6, 6.07) is 5.60. The molecule has 0 unspecified atom stereocenters. The fourth-order valence-electron chi connectivity index (χ4n) is 3.10. The Hall–Kier alpha value is -4.22. The van der Waals surface area contributed by atoms with E-state index in [0.717, 1.165) is 31.0 Å². The number of rotatable bonds is 6. The Kier molecular flexibility index (Phi) is 6.99. The quantitative estimate of drug-likeness (QED) is 0.496. The van der Waals surface area contributed by atoms with Gasteiger partial charge in [-0.15, -0.1) is 0 Å². The van der Waals surface area contributed by atoms with Crippen molar-refractivity contribution in [2.45, 2.75) is 20.0 Å². The molecule has 0 aliphatic rings. The van der Waals surface area contributed by atoms with Crippen molar-refractivity contribution in [3.63, 3.8) is 0 Å². The average Bonchev–Trinajstić information content (AvgIpc) is 2.77. The standard InChI is InChI=1S/C22H21F3N6O3/c1-11-7-19(29-12(2)28-11)31-18-9-16(15(10-27-18)20(32)26-3)30-21(33)14-6-5-13(22(23,24)25)8-17(14)34-4/h5-10H,1-4H3,(H,26,32)(H2,27,28,29,30,31,33). The van der Waals surface area contributed by atoms with Crippen LogP contribution in [0.4, 0.5) is 30.5 Å². The van der Waals surface area contributed by atoms with Crippen molar-refractivity contribution in [1.29, 1.82) is 0 Å². The minimum absolute atomic E-state index is 0.0438. The Balaban J connectivity index is 1.96. The molecule has 0 aliphatic heterocycles. The highest BCUT2D eigenvalue weighted by Crippen LogP contribution is 2.33. The van der Waals surface area contributed by atoms with Crippen molar-refractivity contribution < 1.29 is 27.5 Å². The lowest BCUT2D eigenvalue weighted by Gasteiger charge is -2.15. The summed E-state index contributed by atoms with van der Waals surface area (Å²) in [6.07, 6.45) is -3.35. The van der Waals surface area contributed by atoms with Gasteiger partial charge in [-0.1, -0.05) is 0 Å². The number of anilines is 3. The summed E-state index contributed by atoms with van der Waals surface area (Å²) < 4.78 is 44.0. The zero-order chi connectivity index (χ0) is 25.0. The number of aryl methyl sites for hydroxylation is 2. The monoisotopic (exact) mass is 474 g/mol. The van der Waals surface area contributed by atoms with Gasteiger partial charge in [0.25, 0.3) is 11.8 Å². The maximum Gasteiger partial charge on any atom is 0.416 e. The molecule has 12 heteroatoms. The molecule has 34 heavy (non-hydrogen) atoms. The minimum Gasteiger partial charge on any atom is -0.496 e. The van der Waals surface area contributed by atoms with Gasteiger partial charge in [0.1, 0.15) is 23.2 Å². The van der Waals surface area contributed by atoms with Crippen LogP contribution in [0.15, 0.2) is 36.5 Å². The summed E-state index contributed by atoms with van der Waals surface area (Å²) >= 11 is 0. The second-order valence-corrected chi connectivity index (χ2v) is 7.13. The molecule has 9 nitrogen and oxygen atoms in total. The number of carbonyl (C=O) groups excluding carboxylic acids is 2. The molecule has 1 aromatic carbocycles. The summed E-state index contributed by atoms with van der Waals surface area (Å²) in [5, 5.41) is 7.97. The maximum atomic E-state index is 13.0. The van der Waals surface area contributed by atoms with E-state index in [1.807, 2.05) is 0 Å². The third-order valence-electron chi connectivity index (χ3n) is 4.62. The van der Waals surface area contributed by atoms with Gasteiger partial charge in [-0.05, 0) is 32.0 Å². The van der Waals surface area contributed by atoms with Gasteiger partial charge in [0.15, 0.2) is 0 Å². The van der Waals surface area contributed by atoms with Crippen molar-refractivity contribution in [3.05, 3.63) is 64.7 Å². The maximum absolute atomic E-state index is 13.0. The van der Waals surface area contributed by atoms with Crippen molar-refractivity contribution in [2.24, 2.45) is 0 Å². The van der Waals surface area contributed by atoms with Crippen LogP contribution >= 0.6 is 0 Å². The number of nitrogens with one attached hydrogen (secondary N) is 3. The zero-order valence-corrected chi connectivity index (χ0v) is 18.7. The summed E-state index contributed by atoms with van der Waals surface area (Å²) in [7, 11) is 2.56. The molecule has 0 radical (unpaired) electrons. The Labute approximate surface area is 192 Å². The predicted molar refractivity (Wildman–Crippen MR) is 118 cm³/mol. The molecule has 2 amide bonds. The first-order chi connectivity index (χ1) is 16.0. The van der Waals surface area contributed by atoms with Gasteiger partial charge in [-0.2, -0.15) is 13.2 Å². The molecule has 0 spiro atoms. The number of ether oxygens (including phenoxy) is 1. The molecule has 0 atom stereocenters. The lowest BCUT2D eigenvalue weighted by atomic mass is 10.1. The van der Waals surface area contributed by atoms with Crippen LogP contribution in [0.2, 0.25) is 0 Å². The molecule has 2 aromatic heterocycles. The van der Waals surface area contributed by atoms with Crippen LogP contribution in [-0.2, 0) is 6.18 Å². The van der Waals surface area contributed by atoms with Crippen LogP contribution in [0.3, 0.4) is 0 Å². The number of aromatic nitrogens is 3. The Morgan fingerprint density at radius 3 is 2.32 bits per heavy atom. The van der Waals surface area contributed by atoms with E-state index in [-0.39, 0.29) is 28.4 Å². The topological polar surface area (TPSA) is 118 Å². The highest BCUT2D eigenvalue weighted by molar-refractivity contribution is 6.10. The summed E-state index contributed by atoms with van der Waals surface area (Å²) in [5.74, 6) is -0.323. The molecule has 2 heterocycles. The third-order valence-corrected chi connectivity index (χ3v) is 4.62. The summed E-state index contributed by atoms with van der Waals surface area (Å²) in [4.78, 5) is 37.8. The SMILES string of the molecule is CNC(=O)c1cnc(Nc2cc(C)nc(C)n2)cc1NC(=O)c1ccc(C(F)(F)F)cc1OC. The van der Waals surface area contributed by atoms with Crippen LogP contribution < -0.4 is 20.7 Å². The number of hydrogen-bond donors (Lipinski definition) is 3. The van der Waals surface area contributed by atoms with Crippen molar-refractivity contribution in [1.82, 2.24) is 20.3 Å². The van der Waals surface area contributed by atoms with Gasteiger partial charge in [-0.3, -0.25) is 9.59 Å². The van der Waals surface area contributed by atoms with Crippen LogP contribution in [0.25, 0.3) is 0 Å². The number of carbonyl (C=O) groups is 2. The number of alkyl halides is 3. The highest BCUT2D eigenvalue weighted by Gasteiger charge is 2.32. The number of methoxy groups -OCH3 is 1. The van der Waals surface area contributed by atoms with E-state index in [1.165, 1.54) is 19.3 Å². The van der Waals surface area contributed by atoms with E-state index < -0.39 is 23.6 Å². The normalized spacial score (nSPS) is 11.0. The van der Waals surface area contributed by atoms with Crippen LogP contribution in [0.1, 0.15) is 37.8 Å². The smallest absolute Gasteiger partial charge is 0.416 e. The van der Waals surface area contributed by atoms with Crippen LogP contribution in [0.5, 0.6) is 5.75 Å². The third kappa shape index (κ3) is 5.57. The molecule has 0 aliphatic carbocycles. The van der Waals surface area contributed by atoms with Crippen LogP contribution in [-0.4, -0.2) is 40.9 Å². The molecule has 178 valence electrons. The fraction of sp³-hybridized carbons (Fsp3) is 0.227. The van der Waals surface area contributed by atoms with E-state index in [0.29, 0.717) is 11.6 Å². The lowest BCUT2D eigenvalue weighted by Crippen LogP contribution is -2.22. The Morgan fingerprint density at radius 1 is 0.971 bits per heavy atom. The second kappa shape index (κ2) is 9.73. The minimum atomic E-state index is -4.60. The number of pyridine rings is 1. The molecular formula is C22H21F3N6O3. The van der Waals surface area contributed by atoms with E-state index in [2.05, 4.69) is 30.9 Å². The van der Waals surface area contributed by atoms with Gasteiger partial charge in [0.2, 0.25) is 0 Å². The van der Waals surface area contributed by atoms with Gasteiger partial charge in [0.05, 0.1) is 29.5 Å². The molecule has 0 fully saturated rings. The highest BCUT2D eigenvalue weighted by atomic mass is 19.4. The summed E-state index contributed by atoms with van der Waals surface area (Å²) in [6.45, 7) is 3.52. The number of benzene rings is 1. The Bertz CT molecular complexity index is 1230. The number of nitrogens with zero attached hydrogens (tertiary/aromatic N) is 3. The molecule has 0 bridgehead atoms. The molecule has 0 saturated heterocycles. The van der Waals surface area contributed by atoms with E-state index in [9.17, 15) is 22.8 Å². The first kappa shape index (κ1) is 24.4. The molecule has 3 rings (SSSR count). The number of hydrogen-bond acceptors (Lipinski definition) is 7. The summed E-state index contributed by atoms with van der Waals surface area (Å²) in [5.41, 5.74) is -0.266. The first-order valence-corrected chi connectivity index (χ1v) is 9.90.